The van der Waals surface area contributed by atoms with E-state index in [2.05, 4.69) is 25.7 Å². The number of fused-ring (bicyclic) bond motifs is 1. The topological polar surface area (TPSA) is 58.6 Å². The Morgan fingerprint density at radius 2 is 2.24 bits per heavy atom. The van der Waals surface area contributed by atoms with Crippen LogP contribution in [0.5, 0.6) is 0 Å². The number of hydrogen-bond acceptors (Lipinski definition) is 7. The van der Waals surface area contributed by atoms with E-state index in [1.165, 1.54) is 34.8 Å². The number of aromatic nitrogens is 2. The highest BCUT2D eigenvalue weighted by atomic mass is 32.1. The van der Waals surface area contributed by atoms with Crippen molar-refractivity contribution < 1.29 is 9.53 Å². The van der Waals surface area contributed by atoms with E-state index in [9.17, 15) is 4.79 Å². The lowest BCUT2D eigenvalue weighted by Crippen LogP contribution is -2.52. The molecule has 1 atom stereocenters. The molecule has 25 heavy (non-hydrogen) atoms. The molecule has 3 aliphatic rings. The Labute approximate surface area is 154 Å². The van der Waals surface area contributed by atoms with E-state index in [1.54, 1.807) is 11.3 Å². The van der Waals surface area contributed by atoms with Gasteiger partial charge >= 0.3 is 0 Å². The number of amides is 1. The minimum absolute atomic E-state index is 0.105. The molecule has 0 spiro atoms. The van der Waals surface area contributed by atoms with Gasteiger partial charge in [-0.2, -0.15) is 4.37 Å². The highest BCUT2D eigenvalue weighted by Crippen LogP contribution is 2.39. The van der Waals surface area contributed by atoms with E-state index >= 15 is 0 Å². The smallest absolute Gasteiger partial charge is 0.253 e. The van der Waals surface area contributed by atoms with Gasteiger partial charge in [-0.05, 0) is 36.3 Å². The summed E-state index contributed by atoms with van der Waals surface area (Å²) in [6, 6.07) is 2.13. The average Bonchev–Trinajstić information content (AvgIpc) is 3.20. The van der Waals surface area contributed by atoms with Crippen LogP contribution < -0.4 is 4.90 Å². The summed E-state index contributed by atoms with van der Waals surface area (Å²) in [6.07, 6.45) is 2.97. The zero-order valence-corrected chi connectivity index (χ0v) is 15.5. The number of hydrogen-bond donors (Lipinski definition) is 0. The Morgan fingerprint density at radius 1 is 1.32 bits per heavy atom. The predicted octanol–water partition coefficient (Wildman–Crippen LogP) is 2.27. The first-order chi connectivity index (χ1) is 12.3. The lowest BCUT2D eigenvalue weighted by Gasteiger charge is -2.35. The Morgan fingerprint density at radius 3 is 3.12 bits per heavy atom. The molecule has 0 radical (unpaired) electrons. The predicted molar refractivity (Wildman–Crippen MR) is 97.3 cm³/mol. The molecule has 5 rings (SSSR count). The van der Waals surface area contributed by atoms with E-state index in [1.807, 2.05) is 4.90 Å². The number of ether oxygens (including phenoxy) is 1. The van der Waals surface area contributed by atoms with Gasteiger partial charge in [-0.15, -0.1) is 11.3 Å². The van der Waals surface area contributed by atoms with Crippen LogP contribution in [0.2, 0.25) is 0 Å². The third kappa shape index (κ3) is 3.07. The second kappa shape index (κ2) is 6.34. The first-order valence-electron chi connectivity index (χ1n) is 8.82. The lowest BCUT2D eigenvalue weighted by molar-refractivity contribution is -0.145. The monoisotopic (exact) mass is 376 g/mol. The van der Waals surface area contributed by atoms with Crippen LogP contribution in [0.25, 0.3) is 0 Å². The summed E-state index contributed by atoms with van der Waals surface area (Å²) in [6.45, 7) is 3.41. The Hall–Kier alpha value is -1.51. The molecular formula is C17H20N4O2S2. The Kier molecular flexibility index (Phi) is 3.98. The molecule has 0 aromatic carbocycles. The molecule has 2 aliphatic heterocycles. The fraction of sp³-hybridized carbons (Fsp3) is 0.588. The third-order valence-electron chi connectivity index (χ3n) is 5.11. The summed E-state index contributed by atoms with van der Waals surface area (Å²) >= 11 is 3.24. The van der Waals surface area contributed by atoms with Crippen molar-refractivity contribution in [3.8, 4) is 0 Å². The van der Waals surface area contributed by atoms with Crippen LogP contribution in [0.3, 0.4) is 0 Å². The van der Waals surface area contributed by atoms with Crippen LogP contribution >= 0.6 is 22.9 Å². The van der Waals surface area contributed by atoms with E-state index in [0.29, 0.717) is 25.6 Å². The normalized spacial score (nSPS) is 23.6. The zero-order chi connectivity index (χ0) is 16.8. The van der Waals surface area contributed by atoms with Gasteiger partial charge in [0.2, 0.25) is 5.13 Å². The summed E-state index contributed by atoms with van der Waals surface area (Å²) in [4.78, 5) is 23.1. The van der Waals surface area contributed by atoms with Crippen LogP contribution in [0, 0.1) is 0 Å². The van der Waals surface area contributed by atoms with Gasteiger partial charge in [0.15, 0.2) is 6.10 Å². The summed E-state index contributed by atoms with van der Waals surface area (Å²) < 4.78 is 10.3. The van der Waals surface area contributed by atoms with Crippen LogP contribution in [0.15, 0.2) is 11.4 Å². The zero-order valence-electron chi connectivity index (χ0n) is 13.9. The maximum absolute atomic E-state index is 12.9. The largest absolute Gasteiger partial charge is 0.365 e. The van der Waals surface area contributed by atoms with Crippen molar-refractivity contribution in [1.82, 2.24) is 14.3 Å². The molecule has 0 N–H and O–H groups in total. The SMILES string of the molecule is O=C(C1CN(c2nc(C3CC3)ns2)CCO1)N1CCc2sccc2C1. The highest BCUT2D eigenvalue weighted by molar-refractivity contribution is 7.10. The molecule has 132 valence electrons. The molecule has 0 bridgehead atoms. The fourth-order valence-corrected chi connectivity index (χ4v) is 5.15. The van der Waals surface area contributed by atoms with Gasteiger partial charge in [0.25, 0.3) is 5.91 Å². The van der Waals surface area contributed by atoms with Gasteiger partial charge in [-0.1, -0.05) is 0 Å². The fourth-order valence-electron chi connectivity index (χ4n) is 3.47. The maximum Gasteiger partial charge on any atom is 0.253 e. The third-order valence-corrected chi connectivity index (χ3v) is 6.92. The molecule has 4 heterocycles. The van der Waals surface area contributed by atoms with Crippen molar-refractivity contribution in [3.63, 3.8) is 0 Å². The minimum atomic E-state index is -0.401. The first kappa shape index (κ1) is 15.7. The molecule has 1 amide bonds. The number of carbonyl (C=O) groups excluding carboxylic acids is 1. The van der Waals surface area contributed by atoms with Crippen LogP contribution in [0.4, 0.5) is 5.13 Å². The van der Waals surface area contributed by atoms with Crippen molar-refractivity contribution in [1.29, 1.82) is 0 Å². The first-order valence-corrected chi connectivity index (χ1v) is 10.5. The lowest BCUT2D eigenvalue weighted by atomic mass is 10.1. The van der Waals surface area contributed by atoms with Crippen molar-refractivity contribution in [2.75, 3.05) is 31.1 Å². The number of nitrogens with zero attached hydrogens (tertiary/aromatic N) is 4. The molecule has 8 heteroatoms. The van der Waals surface area contributed by atoms with E-state index < -0.39 is 6.10 Å². The van der Waals surface area contributed by atoms with Crippen molar-refractivity contribution >= 4 is 33.9 Å². The number of anilines is 1. The number of thiophene rings is 1. The van der Waals surface area contributed by atoms with Gasteiger partial charge in [0, 0.05) is 42.0 Å². The van der Waals surface area contributed by atoms with Gasteiger partial charge in [-0.3, -0.25) is 4.79 Å². The van der Waals surface area contributed by atoms with Gasteiger partial charge in [-0.25, -0.2) is 4.98 Å². The second-order valence-corrected chi connectivity index (χ2v) is 8.62. The summed E-state index contributed by atoms with van der Waals surface area (Å²) in [7, 11) is 0. The van der Waals surface area contributed by atoms with Crippen LogP contribution in [-0.2, 0) is 22.5 Å². The van der Waals surface area contributed by atoms with Gasteiger partial charge in [0.1, 0.15) is 5.82 Å². The summed E-state index contributed by atoms with van der Waals surface area (Å²) in [5, 5.41) is 3.05. The molecule has 1 saturated heterocycles. The molecular weight excluding hydrogens is 356 g/mol. The van der Waals surface area contributed by atoms with E-state index in [0.717, 1.165) is 30.5 Å². The maximum atomic E-state index is 12.9. The average molecular weight is 377 g/mol. The Balaban J connectivity index is 1.26. The molecule has 2 aromatic heterocycles. The minimum Gasteiger partial charge on any atom is -0.365 e. The van der Waals surface area contributed by atoms with Gasteiger partial charge < -0.3 is 14.5 Å². The van der Waals surface area contributed by atoms with Crippen molar-refractivity contribution in [2.45, 2.75) is 37.8 Å². The van der Waals surface area contributed by atoms with Crippen molar-refractivity contribution in [2.24, 2.45) is 0 Å². The molecule has 2 fully saturated rings. The number of rotatable bonds is 3. The Bertz CT molecular complexity index is 785. The molecule has 1 unspecified atom stereocenters. The van der Waals surface area contributed by atoms with Crippen LogP contribution in [0.1, 0.15) is 35.0 Å². The van der Waals surface area contributed by atoms with Crippen LogP contribution in [-0.4, -0.2) is 52.5 Å². The second-order valence-electron chi connectivity index (χ2n) is 6.89. The van der Waals surface area contributed by atoms with E-state index in [4.69, 9.17) is 4.74 Å². The van der Waals surface area contributed by atoms with Crippen molar-refractivity contribution in [3.05, 3.63) is 27.7 Å². The molecule has 1 aliphatic carbocycles. The molecule has 6 nitrogen and oxygen atoms in total. The summed E-state index contributed by atoms with van der Waals surface area (Å²) in [5.41, 5.74) is 1.29. The molecule has 2 aromatic rings. The number of carbonyl (C=O) groups is 1. The van der Waals surface area contributed by atoms with Gasteiger partial charge in [0.05, 0.1) is 13.2 Å². The number of morpholine rings is 1. The standard InChI is InChI=1S/C17H20N4O2S2/c22-16(20-5-3-14-12(9-20)4-8-24-14)13-10-21(6-7-23-13)17-18-15(19-25-17)11-1-2-11/h4,8,11,13H,1-3,5-7,9-10H2. The quantitative estimate of drug-likeness (QED) is 0.822. The highest BCUT2D eigenvalue weighted by Gasteiger charge is 2.34. The molecule has 1 saturated carbocycles. The summed E-state index contributed by atoms with van der Waals surface area (Å²) in [5.74, 6) is 1.65. The van der Waals surface area contributed by atoms with E-state index in [-0.39, 0.29) is 5.91 Å².